The van der Waals surface area contributed by atoms with Crippen LogP contribution in [0.15, 0.2) is 0 Å². The van der Waals surface area contributed by atoms with Gasteiger partial charge in [-0.3, -0.25) is 0 Å². The van der Waals surface area contributed by atoms with Gasteiger partial charge in [0, 0.05) is 25.8 Å². The Morgan fingerprint density at radius 3 is 2.38 bits per heavy atom. The van der Waals surface area contributed by atoms with Gasteiger partial charge in [-0.1, -0.05) is 0 Å². The van der Waals surface area contributed by atoms with E-state index in [-0.39, 0.29) is 12.1 Å². The maximum Gasteiger partial charge on any atom is 0.410 e. The van der Waals surface area contributed by atoms with Gasteiger partial charge in [0.05, 0.1) is 0 Å². The molecule has 0 aliphatic carbocycles. The zero-order chi connectivity index (χ0) is 15.3. The molecule has 0 unspecified atom stereocenters. The van der Waals surface area contributed by atoms with Crippen molar-refractivity contribution in [3.8, 4) is 0 Å². The van der Waals surface area contributed by atoms with Crippen molar-refractivity contribution in [2.24, 2.45) is 5.92 Å². The fourth-order valence-corrected chi connectivity index (χ4v) is 3.03. The van der Waals surface area contributed by atoms with Crippen LogP contribution in [0, 0.1) is 5.92 Å². The molecule has 21 heavy (non-hydrogen) atoms. The molecular formula is C16H30N2O3. The minimum absolute atomic E-state index is 0.159. The molecule has 122 valence electrons. The number of hydrogen-bond donors (Lipinski definition) is 1. The molecule has 0 aromatic heterocycles. The highest BCUT2D eigenvalue weighted by atomic mass is 16.6. The average molecular weight is 298 g/mol. The van der Waals surface area contributed by atoms with Crippen LogP contribution in [0.25, 0.3) is 0 Å². The van der Waals surface area contributed by atoms with Crippen LogP contribution in [0.5, 0.6) is 0 Å². The molecule has 0 bridgehead atoms. The molecule has 1 N–H and O–H groups in total. The highest BCUT2D eigenvalue weighted by Crippen LogP contribution is 2.22. The van der Waals surface area contributed by atoms with E-state index in [9.17, 15) is 4.79 Å². The van der Waals surface area contributed by atoms with E-state index in [2.05, 4.69) is 5.32 Å². The lowest BCUT2D eigenvalue weighted by Gasteiger charge is -2.38. The van der Waals surface area contributed by atoms with Crippen LogP contribution in [-0.2, 0) is 9.47 Å². The van der Waals surface area contributed by atoms with Crippen molar-refractivity contribution in [1.29, 1.82) is 0 Å². The van der Waals surface area contributed by atoms with Crippen LogP contribution >= 0.6 is 0 Å². The lowest BCUT2D eigenvalue weighted by atomic mass is 9.96. The van der Waals surface area contributed by atoms with Gasteiger partial charge in [-0.2, -0.15) is 0 Å². The molecule has 0 radical (unpaired) electrons. The van der Waals surface area contributed by atoms with E-state index in [1.807, 2.05) is 25.7 Å². The highest BCUT2D eigenvalue weighted by molar-refractivity contribution is 5.68. The number of ether oxygens (including phenoxy) is 2. The number of piperidine rings is 1. The van der Waals surface area contributed by atoms with Crippen molar-refractivity contribution in [1.82, 2.24) is 10.2 Å². The average Bonchev–Trinajstić information content (AvgIpc) is 2.45. The summed E-state index contributed by atoms with van der Waals surface area (Å²) in [6.07, 6.45) is 3.97. The summed E-state index contributed by atoms with van der Waals surface area (Å²) in [5.74, 6) is 0.585. The Labute approximate surface area is 128 Å². The predicted molar refractivity (Wildman–Crippen MR) is 82.4 cm³/mol. The molecule has 2 heterocycles. The Morgan fingerprint density at radius 1 is 1.19 bits per heavy atom. The SMILES string of the molecule is CC(C)(C)OC(=O)N(CC1CCNCC1)C1CCOCC1. The molecule has 2 aliphatic rings. The fourth-order valence-electron chi connectivity index (χ4n) is 3.03. The van der Waals surface area contributed by atoms with E-state index in [0.717, 1.165) is 58.5 Å². The van der Waals surface area contributed by atoms with E-state index in [0.29, 0.717) is 5.92 Å². The third kappa shape index (κ3) is 5.47. The zero-order valence-electron chi connectivity index (χ0n) is 13.7. The van der Waals surface area contributed by atoms with Crippen molar-refractivity contribution in [2.75, 3.05) is 32.8 Å². The second-order valence-electron chi connectivity index (χ2n) is 7.17. The van der Waals surface area contributed by atoms with Gasteiger partial charge in [0.1, 0.15) is 5.60 Å². The monoisotopic (exact) mass is 298 g/mol. The highest BCUT2D eigenvalue weighted by Gasteiger charge is 2.31. The van der Waals surface area contributed by atoms with Crippen LogP contribution in [-0.4, -0.2) is 55.5 Å². The molecule has 0 spiro atoms. The molecule has 2 aliphatic heterocycles. The maximum absolute atomic E-state index is 12.6. The van der Waals surface area contributed by atoms with Gasteiger partial charge in [-0.15, -0.1) is 0 Å². The van der Waals surface area contributed by atoms with Gasteiger partial charge in [0.2, 0.25) is 0 Å². The molecular weight excluding hydrogens is 268 g/mol. The molecule has 1 amide bonds. The summed E-state index contributed by atoms with van der Waals surface area (Å²) in [5, 5.41) is 3.38. The standard InChI is InChI=1S/C16H30N2O3/c1-16(2,3)21-15(19)18(14-6-10-20-11-7-14)12-13-4-8-17-9-5-13/h13-14,17H,4-12H2,1-3H3. The third-order valence-electron chi connectivity index (χ3n) is 4.17. The Hall–Kier alpha value is -0.810. The van der Waals surface area contributed by atoms with E-state index < -0.39 is 5.60 Å². The first-order valence-corrected chi connectivity index (χ1v) is 8.24. The minimum Gasteiger partial charge on any atom is -0.444 e. The van der Waals surface area contributed by atoms with E-state index >= 15 is 0 Å². The second-order valence-corrected chi connectivity index (χ2v) is 7.17. The third-order valence-corrected chi connectivity index (χ3v) is 4.17. The number of carbonyl (C=O) groups excluding carboxylic acids is 1. The smallest absolute Gasteiger partial charge is 0.410 e. The van der Waals surface area contributed by atoms with Gasteiger partial charge in [-0.25, -0.2) is 4.79 Å². The number of nitrogens with one attached hydrogen (secondary N) is 1. The first kappa shape index (κ1) is 16.6. The Bertz CT molecular complexity index is 329. The molecule has 5 heteroatoms. The molecule has 0 saturated carbocycles. The predicted octanol–water partition coefficient (Wildman–Crippen LogP) is 2.40. The van der Waals surface area contributed by atoms with Crippen molar-refractivity contribution >= 4 is 6.09 Å². The second kappa shape index (κ2) is 7.45. The van der Waals surface area contributed by atoms with Crippen LogP contribution < -0.4 is 5.32 Å². The first-order valence-electron chi connectivity index (χ1n) is 8.24. The summed E-state index contributed by atoms with van der Waals surface area (Å²) in [6, 6.07) is 0.267. The van der Waals surface area contributed by atoms with Crippen molar-refractivity contribution in [2.45, 2.75) is 58.1 Å². The first-order chi connectivity index (χ1) is 9.96. The largest absolute Gasteiger partial charge is 0.444 e. The normalized spacial score (nSPS) is 22.0. The van der Waals surface area contributed by atoms with Crippen LogP contribution in [0.1, 0.15) is 46.5 Å². The van der Waals surface area contributed by atoms with Crippen LogP contribution in [0.2, 0.25) is 0 Å². The number of nitrogens with zero attached hydrogens (tertiary/aromatic N) is 1. The van der Waals surface area contributed by atoms with Gasteiger partial charge in [0.25, 0.3) is 0 Å². The van der Waals surface area contributed by atoms with Gasteiger partial charge in [0.15, 0.2) is 0 Å². The quantitative estimate of drug-likeness (QED) is 0.869. The summed E-state index contributed by atoms with van der Waals surface area (Å²) in [7, 11) is 0. The van der Waals surface area contributed by atoms with Crippen molar-refractivity contribution in [3.63, 3.8) is 0 Å². The van der Waals surface area contributed by atoms with E-state index in [4.69, 9.17) is 9.47 Å². The summed E-state index contributed by atoms with van der Waals surface area (Å²) in [4.78, 5) is 14.6. The molecule has 2 rings (SSSR count). The Balaban J connectivity index is 1.99. The summed E-state index contributed by atoms with van der Waals surface area (Å²) in [6.45, 7) is 10.2. The van der Waals surface area contributed by atoms with E-state index in [1.54, 1.807) is 0 Å². The molecule has 0 atom stereocenters. The Morgan fingerprint density at radius 2 is 1.81 bits per heavy atom. The maximum atomic E-state index is 12.6. The summed E-state index contributed by atoms with van der Waals surface area (Å²) < 4.78 is 11.1. The number of carbonyl (C=O) groups is 1. The van der Waals surface area contributed by atoms with Crippen molar-refractivity contribution < 1.29 is 14.3 Å². The topological polar surface area (TPSA) is 50.8 Å². The van der Waals surface area contributed by atoms with E-state index in [1.165, 1.54) is 0 Å². The van der Waals surface area contributed by atoms with Crippen LogP contribution in [0.3, 0.4) is 0 Å². The zero-order valence-corrected chi connectivity index (χ0v) is 13.7. The molecule has 2 fully saturated rings. The lowest BCUT2D eigenvalue weighted by Crippen LogP contribution is -2.48. The van der Waals surface area contributed by atoms with Gasteiger partial charge < -0.3 is 19.7 Å². The number of amides is 1. The van der Waals surface area contributed by atoms with Crippen molar-refractivity contribution in [3.05, 3.63) is 0 Å². The Kier molecular flexibility index (Phi) is 5.88. The van der Waals surface area contributed by atoms with Gasteiger partial charge in [-0.05, 0) is 65.5 Å². The molecule has 2 saturated heterocycles. The summed E-state index contributed by atoms with van der Waals surface area (Å²) in [5.41, 5.74) is -0.436. The number of rotatable bonds is 3. The fraction of sp³-hybridized carbons (Fsp3) is 0.938. The minimum atomic E-state index is -0.436. The molecule has 5 nitrogen and oxygen atoms in total. The molecule has 0 aromatic carbocycles. The molecule has 0 aromatic rings. The van der Waals surface area contributed by atoms with Crippen LogP contribution in [0.4, 0.5) is 4.79 Å². The van der Waals surface area contributed by atoms with Gasteiger partial charge >= 0.3 is 6.09 Å². The number of hydrogen-bond acceptors (Lipinski definition) is 4. The lowest BCUT2D eigenvalue weighted by molar-refractivity contribution is -0.0108. The summed E-state index contributed by atoms with van der Waals surface area (Å²) >= 11 is 0.